The molecule has 42 heavy (non-hydrogen) atoms. The first-order chi connectivity index (χ1) is 20.0. The number of fused-ring (bicyclic) bond motifs is 1. The fourth-order valence-corrected chi connectivity index (χ4v) is 5.74. The highest BCUT2D eigenvalue weighted by Crippen LogP contribution is 2.36. The van der Waals surface area contributed by atoms with Gasteiger partial charge in [0.15, 0.2) is 4.80 Å². The van der Waals surface area contributed by atoms with E-state index in [0.717, 1.165) is 23.5 Å². The number of furan rings is 1. The van der Waals surface area contributed by atoms with Crippen LogP contribution in [-0.2, 0) is 15.7 Å². The number of alkyl halides is 3. The van der Waals surface area contributed by atoms with Crippen LogP contribution in [0.1, 0.15) is 50.6 Å². The fraction of sp³-hybridized carbons (Fsp3) is 0.258. The van der Waals surface area contributed by atoms with Gasteiger partial charge in [-0.3, -0.25) is 9.36 Å². The maximum absolute atomic E-state index is 13.9. The van der Waals surface area contributed by atoms with Crippen LogP contribution in [-0.4, -0.2) is 23.2 Å². The number of para-hydroxylation sites is 1. The molecule has 2 aromatic carbocycles. The third-order valence-electron chi connectivity index (χ3n) is 6.47. The molecule has 0 saturated heterocycles. The minimum absolute atomic E-state index is 0.142. The summed E-state index contributed by atoms with van der Waals surface area (Å²) in [6, 6.07) is 14.3. The van der Waals surface area contributed by atoms with E-state index >= 15 is 0 Å². The first-order valence-corrected chi connectivity index (χ1v) is 14.0. The van der Waals surface area contributed by atoms with Gasteiger partial charge in [0.1, 0.15) is 23.3 Å². The third kappa shape index (κ3) is 5.69. The van der Waals surface area contributed by atoms with Crippen LogP contribution in [0.4, 0.5) is 13.2 Å². The molecular formula is C31H27F3N2O5S. The number of nitrogens with zero attached hydrogens (tertiary/aromatic N) is 2. The van der Waals surface area contributed by atoms with Crippen molar-refractivity contribution in [1.82, 2.24) is 4.57 Å². The van der Waals surface area contributed by atoms with Crippen molar-refractivity contribution in [2.45, 2.75) is 46.0 Å². The molecule has 1 aliphatic rings. The van der Waals surface area contributed by atoms with Crippen molar-refractivity contribution in [1.29, 1.82) is 0 Å². The Bertz CT molecular complexity index is 1860. The van der Waals surface area contributed by atoms with Crippen LogP contribution in [0.15, 0.2) is 86.1 Å². The van der Waals surface area contributed by atoms with Gasteiger partial charge < -0.3 is 13.9 Å². The lowest BCUT2D eigenvalue weighted by molar-refractivity contribution is -0.139. The Hall–Kier alpha value is -4.38. The molecule has 3 heterocycles. The number of carbonyl (C=O) groups excluding carboxylic acids is 1. The van der Waals surface area contributed by atoms with Crippen molar-refractivity contribution < 1.29 is 31.9 Å². The number of thiazole rings is 1. The van der Waals surface area contributed by atoms with Gasteiger partial charge in [0.2, 0.25) is 0 Å². The number of ether oxygens (including phenoxy) is 2. The molecular weight excluding hydrogens is 569 g/mol. The molecule has 0 aliphatic carbocycles. The topological polar surface area (TPSA) is 83.0 Å². The van der Waals surface area contributed by atoms with Gasteiger partial charge in [0.25, 0.3) is 5.56 Å². The van der Waals surface area contributed by atoms with Crippen LogP contribution in [0.2, 0.25) is 0 Å². The second kappa shape index (κ2) is 11.5. The smallest absolute Gasteiger partial charge is 0.416 e. The molecule has 0 saturated carbocycles. The van der Waals surface area contributed by atoms with Gasteiger partial charge in [0, 0.05) is 17.2 Å². The van der Waals surface area contributed by atoms with Gasteiger partial charge >= 0.3 is 12.1 Å². The summed E-state index contributed by atoms with van der Waals surface area (Å²) < 4.78 is 58.5. The van der Waals surface area contributed by atoms with Gasteiger partial charge in [-0.1, -0.05) is 41.7 Å². The lowest BCUT2D eigenvalue weighted by Crippen LogP contribution is -2.40. The van der Waals surface area contributed by atoms with E-state index in [1.165, 1.54) is 22.8 Å². The number of aromatic nitrogens is 1. The molecule has 11 heteroatoms. The molecule has 2 aromatic heterocycles. The van der Waals surface area contributed by atoms with Crippen LogP contribution in [0, 0.1) is 0 Å². The third-order valence-corrected chi connectivity index (χ3v) is 7.45. The highest BCUT2D eigenvalue weighted by atomic mass is 32.1. The maximum Gasteiger partial charge on any atom is 0.416 e. The van der Waals surface area contributed by atoms with Crippen LogP contribution < -0.4 is 19.6 Å². The number of hydrogen-bond acceptors (Lipinski definition) is 7. The lowest BCUT2D eigenvalue weighted by atomic mass is 9.95. The monoisotopic (exact) mass is 596 g/mol. The summed E-state index contributed by atoms with van der Waals surface area (Å²) in [4.78, 5) is 32.0. The second-order valence-corrected chi connectivity index (χ2v) is 10.8. The number of rotatable bonds is 7. The van der Waals surface area contributed by atoms with Gasteiger partial charge in [-0.2, -0.15) is 13.2 Å². The average Bonchev–Trinajstić information content (AvgIpc) is 3.52. The normalized spacial score (nSPS) is 15.5. The van der Waals surface area contributed by atoms with Gasteiger partial charge in [0.05, 0.1) is 34.1 Å². The molecule has 0 unspecified atom stereocenters. The van der Waals surface area contributed by atoms with E-state index in [0.29, 0.717) is 21.8 Å². The Morgan fingerprint density at radius 2 is 1.90 bits per heavy atom. The van der Waals surface area contributed by atoms with Crippen molar-refractivity contribution >= 4 is 23.4 Å². The summed E-state index contributed by atoms with van der Waals surface area (Å²) in [6.07, 6.45) is -3.14. The van der Waals surface area contributed by atoms with Crippen molar-refractivity contribution in [2.24, 2.45) is 4.99 Å². The van der Waals surface area contributed by atoms with Gasteiger partial charge in [-0.05, 0) is 58.0 Å². The number of esters is 1. The first kappa shape index (κ1) is 29.1. The molecule has 218 valence electrons. The van der Waals surface area contributed by atoms with Crippen molar-refractivity contribution in [3.05, 3.63) is 109 Å². The largest absolute Gasteiger partial charge is 0.491 e. The average molecular weight is 597 g/mol. The predicted molar refractivity (Wildman–Crippen MR) is 152 cm³/mol. The van der Waals surface area contributed by atoms with E-state index in [-0.39, 0.29) is 39.9 Å². The number of benzene rings is 2. The minimum atomic E-state index is -4.49. The van der Waals surface area contributed by atoms with Crippen molar-refractivity contribution in [3.63, 3.8) is 0 Å². The van der Waals surface area contributed by atoms with Crippen LogP contribution >= 0.6 is 11.3 Å². The summed E-state index contributed by atoms with van der Waals surface area (Å²) in [5, 5.41) is 0. The van der Waals surface area contributed by atoms with E-state index < -0.39 is 29.3 Å². The lowest BCUT2D eigenvalue weighted by Gasteiger charge is -2.26. The van der Waals surface area contributed by atoms with Crippen LogP contribution in [0.5, 0.6) is 5.75 Å². The van der Waals surface area contributed by atoms with Gasteiger partial charge in [-0.25, -0.2) is 9.79 Å². The van der Waals surface area contributed by atoms with Crippen molar-refractivity contribution in [2.75, 3.05) is 6.61 Å². The summed E-state index contributed by atoms with van der Waals surface area (Å²) in [6.45, 7) is 7.30. The standard InChI is InChI=1S/C31H27F3N2O5S/c1-5-39-29(38)26-18(4)35-30-36(27(26)22-11-6-7-12-24(22)40-17(2)3)28(37)25(42-30)16-21-13-14-23(41-21)19-9-8-10-20(15-19)31(32,33)34/h6-17,27H,5H2,1-4H3/b25-16-/t27-/m0/s1. The molecule has 0 N–H and O–H groups in total. The summed E-state index contributed by atoms with van der Waals surface area (Å²) in [5.74, 6) is 0.418. The van der Waals surface area contributed by atoms with Crippen LogP contribution in [0.25, 0.3) is 17.4 Å². The van der Waals surface area contributed by atoms with E-state index in [4.69, 9.17) is 13.9 Å². The number of halogens is 3. The molecule has 4 aromatic rings. The van der Waals surface area contributed by atoms with E-state index in [9.17, 15) is 22.8 Å². The summed E-state index contributed by atoms with van der Waals surface area (Å²) in [5.41, 5.74) is 0.273. The molecule has 5 rings (SSSR count). The quantitative estimate of drug-likeness (QED) is 0.250. The number of hydrogen-bond donors (Lipinski definition) is 0. The molecule has 1 aliphatic heterocycles. The SMILES string of the molecule is CCOC(=O)C1=C(C)N=c2s/c(=C\c3ccc(-c4cccc(C(F)(F)F)c4)o3)c(=O)n2[C@H]1c1ccccc1OC(C)C. The van der Waals surface area contributed by atoms with E-state index in [1.807, 2.05) is 19.9 Å². The predicted octanol–water partition coefficient (Wildman–Crippen LogP) is 5.86. The Balaban J connectivity index is 1.63. The zero-order chi connectivity index (χ0) is 30.2. The zero-order valence-electron chi connectivity index (χ0n) is 23.2. The molecule has 0 radical (unpaired) electrons. The summed E-state index contributed by atoms with van der Waals surface area (Å²) >= 11 is 1.11. The molecule has 0 spiro atoms. The highest BCUT2D eigenvalue weighted by Gasteiger charge is 2.35. The maximum atomic E-state index is 13.9. The molecule has 0 amide bonds. The minimum Gasteiger partial charge on any atom is -0.491 e. The number of carbonyl (C=O) groups is 1. The van der Waals surface area contributed by atoms with E-state index in [2.05, 4.69) is 4.99 Å². The Kier molecular flexibility index (Phi) is 7.96. The number of allylic oxidation sites excluding steroid dienone is 1. The fourth-order valence-electron chi connectivity index (χ4n) is 4.72. The summed E-state index contributed by atoms with van der Waals surface area (Å²) in [7, 11) is 0. The molecule has 0 fully saturated rings. The van der Waals surface area contributed by atoms with Crippen LogP contribution in [0.3, 0.4) is 0 Å². The highest BCUT2D eigenvalue weighted by molar-refractivity contribution is 7.07. The Morgan fingerprint density at radius 1 is 1.14 bits per heavy atom. The first-order valence-electron chi connectivity index (χ1n) is 13.2. The van der Waals surface area contributed by atoms with Crippen molar-refractivity contribution in [3.8, 4) is 17.1 Å². The molecule has 7 nitrogen and oxygen atoms in total. The second-order valence-electron chi connectivity index (χ2n) is 9.79. The molecule has 1 atom stereocenters. The van der Waals surface area contributed by atoms with Gasteiger partial charge in [-0.15, -0.1) is 0 Å². The Labute approximate surface area is 242 Å². The zero-order valence-corrected chi connectivity index (χ0v) is 24.0. The van der Waals surface area contributed by atoms with E-state index in [1.54, 1.807) is 44.2 Å². The Morgan fingerprint density at radius 3 is 2.62 bits per heavy atom. The molecule has 0 bridgehead atoms.